The summed E-state index contributed by atoms with van der Waals surface area (Å²) in [5.41, 5.74) is 13.0. The molecule has 5 aromatic carbocycles. The van der Waals surface area contributed by atoms with Crippen LogP contribution in [0.25, 0.3) is 49.9 Å². The first-order valence-corrected chi connectivity index (χ1v) is 17.9. The molecular weight excluding hydrogens is 611 g/mol. The van der Waals surface area contributed by atoms with E-state index in [1.807, 2.05) is 0 Å². The summed E-state index contributed by atoms with van der Waals surface area (Å²) in [7, 11) is 0. The molecule has 2 aliphatic heterocycles. The van der Waals surface area contributed by atoms with E-state index in [1.165, 1.54) is 49.7 Å². The minimum Gasteiger partial charge on any atom is -0.455 e. The zero-order valence-corrected chi connectivity index (χ0v) is 27.6. The molecule has 50 heavy (non-hydrogen) atoms. The average Bonchev–Trinajstić information content (AvgIpc) is 3.73. The van der Waals surface area contributed by atoms with Crippen molar-refractivity contribution in [2.24, 2.45) is 4.99 Å². The van der Waals surface area contributed by atoms with Crippen molar-refractivity contribution in [2.75, 3.05) is 4.90 Å². The molecule has 3 unspecified atom stereocenters. The number of aryl methyl sites for hydroxylation is 1. The number of hydrogen-bond donors (Lipinski definition) is 1. The molecule has 3 heterocycles. The third-order valence-electron chi connectivity index (χ3n) is 11.3. The summed E-state index contributed by atoms with van der Waals surface area (Å²) < 4.78 is 7.07. The quantitative estimate of drug-likeness (QED) is 0.204. The SMILES string of the molecule is C1=CC2c3cc4ccccc4cc3N(C3=NC(c4cccc5c4oc4c(-c6ccccc6)cc6c(c45)CCC=C6)NC4=C3CCC=C4)C2C=C1. The van der Waals surface area contributed by atoms with Crippen LogP contribution in [0, 0.1) is 0 Å². The lowest BCUT2D eigenvalue weighted by atomic mass is 9.89. The minimum absolute atomic E-state index is 0.166. The van der Waals surface area contributed by atoms with Gasteiger partial charge in [0.05, 0.1) is 6.04 Å². The maximum Gasteiger partial charge on any atom is 0.150 e. The highest BCUT2D eigenvalue weighted by Crippen LogP contribution is 2.49. The van der Waals surface area contributed by atoms with Crippen molar-refractivity contribution in [1.82, 2.24) is 5.32 Å². The highest BCUT2D eigenvalue weighted by atomic mass is 16.3. The monoisotopic (exact) mass is 645 g/mol. The van der Waals surface area contributed by atoms with Crippen LogP contribution in [0.2, 0.25) is 0 Å². The number of para-hydroxylation sites is 1. The maximum atomic E-state index is 7.07. The maximum absolute atomic E-state index is 7.07. The molecule has 3 aliphatic carbocycles. The van der Waals surface area contributed by atoms with Gasteiger partial charge in [-0.3, -0.25) is 0 Å². The number of nitrogens with zero attached hydrogens (tertiary/aromatic N) is 2. The van der Waals surface area contributed by atoms with Crippen molar-refractivity contribution in [3.05, 3.63) is 167 Å². The third-order valence-corrected chi connectivity index (χ3v) is 11.3. The van der Waals surface area contributed by atoms with Gasteiger partial charge in [-0.1, -0.05) is 115 Å². The highest BCUT2D eigenvalue weighted by Gasteiger charge is 2.42. The Bertz CT molecular complexity index is 2600. The van der Waals surface area contributed by atoms with Crippen LogP contribution in [-0.2, 0) is 6.42 Å². The Morgan fingerprint density at radius 3 is 2.48 bits per heavy atom. The minimum atomic E-state index is -0.308. The summed E-state index contributed by atoms with van der Waals surface area (Å²) in [6.45, 7) is 0. The highest BCUT2D eigenvalue weighted by molar-refractivity contribution is 6.15. The number of aliphatic imine (C=N–C) groups is 1. The molecule has 0 spiro atoms. The second kappa shape index (κ2) is 10.8. The van der Waals surface area contributed by atoms with E-state index >= 15 is 0 Å². The van der Waals surface area contributed by atoms with Crippen LogP contribution in [0.3, 0.4) is 0 Å². The van der Waals surface area contributed by atoms with Crippen LogP contribution in [0.4, 0.5) is 5.69 Å². The van der Waals surface area contributed by atoms with E-state index in [4.69, 9.17) is 9.41 Å². The normalized spacial score (nSPS) is 21.7. The van der Waals surface area contributed by atoms with Gasteiger partial charge in [0.2, 0.25) is 0 Å². The van der Waals surface area contributed by atoms with E-state index in [2.05, 4.69) is 150 Å². The number of anilines is 1. The van der Waals surface area contributed by atoms with Gasteiger partial charge in [-0.25, -0.2) is 4.99 Å². The summed E-state index contributed by atoms with van der Waals surface area (Å²) >= 11 is 0. The van der Waals surface area contributed by atoms with Crippen LogP contribution in [0.5, 0.6) is 0 Å². The van der Waals surface area contributed by atoms with Crippen LogP contribution in [0.1, 0.15) is 53.6 Å². The van der Waals surface area contributed by atoms with Gasteiger partial charge in [-0.05, 0) is 83.0 Å². The molecule has 4 heteroatoms. The fourth-order valence-corrected chi connectivity index (χ4v) is 9.02. The number of hydrogen-bond acceptors (Lipinski definition) is 4. The number of rotatable bonds is 2. The van der Waals surface area contributed by atoms with Crippen LogP contribution >= 0.6 is 0 Å². The number of nitrogens with one attached hydrogen (secondary N) is 1. The Morgan fingerprint density at radius 2 is 1.56 bits per heavy atom. The number of furan rings is 1. The molecule has 3 atom stereocenters. The molecule has 0 bridgehead atoms. The zero-order chi connectivity index (χ0) is 32.8. The smallest absolute Gasteiger partial charge is 0.150 e. The standard InChI is InChI=1S/C46H35N3O/c1-2-13-28(14-3-1)37-26-31-17-6-7-18-32(31)42-35-21-12-22-36(43(35)50-44(37)42)45-47-39-23-10-8-20-34(39)46(48-45)49-40-24-11-9-19-33(40)38-25-29-15-4-5-16-30(29)27-41(38)49/h1-6,9-17,19,21-27,33,40,45,47H,7-8,18,20H2. The second-order valence-electron chi connectivity index (χ2n) is 14.1. The van der Waals surface area contributed by atoms with Gasteiger partial charge in [0.15, 0.2) is 6.17 Å². The first-order chi connectivity index (χ1) is 24.8. The largest absolute Gasteiger partial charge is 0.455 e. The zero-order valence-electron chi connectivity index (χ0n) is 27.6. The van der Waals surface area contributed by atoms with E-state index < -0.39 is 0 Å². The fourth-order valence-electron chi connectivity index (χ4n) is 9.02. The first kappa shape index (κ1) is 28.0. The molecule has 0 saturated carbocycles. The lowest BCUT2D eigenvalue weighted by Gasteiger charge is -2.36. The van der Waals surface area contributed by atoms with Crippen molar-refractivity contribution in [1.29, 1.82) is 0 Å². The predicted molar refractivity (Wildman–Crippen MR) is 206 cm³/mol. The van der Waals surface area contributed by atoms with E-state index in [9.17, 15) is 0 Å². The molecule has 0 radical (unpaired) electrons. The molecule has 0 saturated heterocycles. The lowest BCUT2D eigenvalue weighted by molar-refractivity contribution is 0.592. The molecule has 5 aliphatic rings. The Morgan fingerprint density at radius 1 is 0.740 bits per heavy atom. The topological polar surface area (TPSA) is 40.8 Å². The molecule has 1 N–H and O–H groups in total. The summed E-state index contributed by atoms with van der Waals surface area (Å²) in [6.07, 6.45) is 22.0. The van der Waals surface area contributed by atoms with Gasteiger partial charge >= 0.3 is 0 Å². The molecule has 1 aromatic heterocycles. The molecule has 240 valence electrons. The van der Waals surface area contributed by atoms with Gasteiger partial charge in [-0.2, -0.15) is 0 Å². The average molecular weight is 646 g/mol. The van der Waals surface area contributed by atoms with Crippen LogP contribution in [-0.4, -0.2) is 11.9 Å². The lowest BCUT2D eigenvalue weighted by Crippen LogP contribution is -2.43. The summed E-state index contributed by atoms with van der Waals surface area (Å²) in [6, 6.07) is 33.3. The predicted octanol–water partition coefficient (Wildman–Crippen LogP) is 11.1. The Kier molecular flexibility index (Phi) is 6.06. The first-order valence-electron chi connectivity index (χ1n) is 17.9. The van der Waals surface area contributed by atoms with Crippen LogP contribution in [0.15, 0.2) is 154 Å². The summed E-state index contributed by atoms with van der Waals surface area (Å²) in [5, 5.41) is 8.81. The van der Waals surface area contributed by atoms with Crippen molar-refractivity contribution >= 4 is 50.3 Å². The van der Waals surface area contributed by atoms with Gasteiger partial charge in [0.1, 0.15) is 17.0 Å². The molecule has 0 amide bonds. The van der Waals surface area contributed by atoms with E-state index in [-0.39, 0.29) is 18.1 Å². The van der Waals surface area contributed by atoms with E-state index in [0.29, 0.717) is 0 Å². The fraction of sp³-hybridized carbons (Fsp3) is 0.152. The second-order valence-corrected chi connectivity index (χ2v) is 14.1. The molecular formula is C46H35N3O. The van der Waals surface area contributed by atoms with E-state index in [0.717, 1.165) is 64.9 Å². The van der Waals surface area contributed by atoms with Gasteiger partial charge in [0.25, 0.3) is 0 Å². The van der Waals surface area contributed by atoms with Gasteiger partial charge in [0, 0.05) is 44.8 Å². The molecule has 6 aromatic rings. The summed E-state index contributed by atoms with van der Waals surface area (Å²) in [5.74, 6) is 1.34. The van der Waals surface area contributed by atoms with Crippen molar-refractivity contribution in [3.8, 4) is 11.1 Å². The molecule has 4 nitrogen and oxygen atoms in total. The van der Waals surface area contributed by atoms with E-state index in [1.54, 1.807) is 0 Å². The van der Waals surface area contributed by atoms with Gasteiger partial charge in [-0.15, -0.1) is 0 Å². The number of benzene rings is 5. The Hall–Kier alpha value is -5.87. The van der Waals surface area contributed by atoms with Gasteiger partial charge < -0.3 is 14.6 Å². The Labute approximate surface area is 291 Å². The van der Waals surface area contributed by atoms with Crippen molar-refractivity contribution in [2.45, 2.75) is 43.8 Å². The number of fused-ring (bicyclic) bond motifs is 9. The number of allylic oxidation sites excluding steroid dienone is 5. The Balaban J connectivity index is 1.13. The number of amidine groups is 1. The van der Waals surface area contributed by atoms with Crippen LogP contribution < -0.4 is 10.2 Å². The summed E-state index contributed by atoms with van der Waals surface area (Å²) in [4.78, 5) is 8.22. The van der Waals surface area contributed by atoms with Crippen molar-refractivity contribution in [3.63, 3.8) is 0 Å². The molecule has 11 rings (SSSR count). The molecule has 0 fully saturated rings. The third kappa shape index (κ3) is 4.08. The van der Waals surface area contributed by atoms with Crippen molar-refractivity contribution < 1.29 is 4.42 Å².